The van der Waals surface area contributed by atoms with Gasteiger partial charge in [-0.3, -0.25) is 14.9 Å². The summed E-state index contributed by atoms with van der Waals surface area (Å²) in [6.07, 6.45) is 1.31. The third-order valence-corrected chi connectivity index (χ3v) is 2.86. The van der Waals surface area contributed by atoms with Crippen LogP contribution in [0.2, 0.25) is 0 Å². The van der Waals surface area contributed by atoms with Crippen molar-refractivity contribution in [3.05, 3.63) is 35.4 Å². The van der Waals surface area contributed by atoms with E-state index in [1.54, 1.807) is 0 Å². The van der Waals surface area contributed by atoms with E-state index >= 15 is 0 Å². The first-order valence-electron chi connectivity index (χ1n) is 5.11. The molecular formula is C12H13NO2. The summed E-state index contributed by atoms with van der Waals surface area (Å²) in [4.78, 5) is 21.9. The van der Waals surface area contributed by atoms with Gasteiger partial charge in [0.1, 0.15) is 6.04 Å². The quantitative estimate of drug-likeness (QED) is 0.599. The Labute approximate surface area is 88.5 Å². The van der Waals surface area contributed by atoms with Crippen LogP contribution < -0.4 is 5.32 Å². The molecule has 0 radical (unpaired) electrons. The Morgan fingerprint density at radius 2 is 2.07 bits per heavy atom. The second-order valence-corrected chi connectivity index (χ2v) is 3.71. The van der Waals surface area contributed by atoms with Gasteiger partial charge in [0, 0.05) is 6.04 Å². The molecule has 1 aliphatic heterocycles. The zero-order chi connectivity index (χ0) is 10.8. The van der Waals surface area contributed by atoms with Gasteiger partial charge in [-0.05, 0) is 17.5 Å². The Bertz CT molecular complexity index is 400. The van der Waals surface area contributed by atoms with Crippen LogP contribution in [-0.2, 0) is 9.59 Å². The molecule has 0 spiro atoms. The molecule has 1 aromatic carbocycles. The van der Waals surface area contributed by atoms with E-state index in [1.807, 2.05) is 24.3 Å². The molecule has 0 amide bonds. The molecule has 2 unspecified atom stereocenters. The standard InChI is InChI=1S/C12H13NO2/c1-2-10-8-5-3-4-6-9(8)12(13-10)11(15)7-14/h3-7,10,12-13H,2H2,1H3. The zero-order valence-electron chi connectivity index (χ0n) is 8.57. The van der Waals surface area contributed by atoms with Crippen LogP contribution >= 0.6 is 0 Å². The fourth-order valence-electron chi connectivity index (χ4n) is 2.11. The van der Waals surface area contributed by atoms with Gasteiger partial charge in [0.15, 0.2) is 6.29 Å². The Balaban J connectivity index is 2.41. The van der Waals surface area contributed by atoms with Crippen LogP contribution in [-0.4, -0.2) is 12.1 Å². The number of ketones is 1. The highest BCUT2D eigenvalue weighted by Crippen LogP contribution is 2.34. The maximum Gasteiger partial charge on any atom is 0.216 e. The van der Waals surface area contributed by atoms with Crippen LogP contribution in [0.4, 0.5) is 0 Å². The molecule has 1 N–H and O–H groups in total. The summed E-state index contributed by atoms with van der Waals surface area (Å²) in [5.41, 5.74) is 2.08. The van der Waals surface area contributed by atoms with E-state index in [0.717, 1.165) is 17.5 Å². The highest BCUT2D eigenvalue weighted by Gasteiger charge is 2.32. The number of hydrogen-bond acceptors (Lipinski definition) is 3. The lowest BCUT2D eigenvalue weighted by Crippen LogP contribution is -2.25. The smallest absolute Gasteiger partial charge is 0.216 e. The summed E-state index contributed by atoms with van der Waals surface area (Å²) in [5, 5.41) is 3.18. The van der Waals surface area contributed by atoms with Gasteiger partial charge < -0.3 is 0 Å². The molecule has 0 saturated heterocycles. The third-order valence-electron chi connectivity index (χ3n) is 2.86. The number of rotatable bonds is 3. The lowest BCUT2D eigenvalue weighted by atomic mass is 9.99. The predicted molar refractivity (Wildman–Crippen MR) is 56.4 cm³/mol. The summed E-state index contributed by atoms with van der Waals surface area (Å²) >= 11 is 0. The van der Waals surface area contributed by atoms with Gasteiger partial charge in [-0.15, -0.1) is 0 Å². The average Bonchev–Trinajstić information content (AvgIpc) is 2.67. The van der Waals surface area contributed by atoms with Crippen molar-refractivity contribution < 1.29 is 9.59 Å². The van der Waals surface area contributed by atoms with Gasteiger partial charge in [-0.2, -0.15) is 0 Å². The lowest BCUT2D eigenvalue weighted by Gasteiger charge is -2.09. The molecule has 1 aliphatic rings. The van der Waals surface area contributed by atoms with E-state index in [1.165, 1.54) is 0 Å². The minimum Gasteiger partial charge on any atom is -0.296 e. The molecule has 3 nitrogen and oxygen atoms in total. The van der Waals surface area contributed by atoms with Gasteiger partial charge in [0.25, 0.3) is 0 Å². The maximum absolute atomic E-state index is 11.4. The Hall–Kier alpha value is -1.48. The minimum absolute atomic E-state index is 0.190. The maximum atomic E-state index is 11.4. The Morgan fingerprint density at radius 1 is 1.40 bits per heavy atom. The molecule has 2 rings (SSSR count). The van der Waals surface area contributed by atoms with Crippen molar-refractivity contribution in [1.82, 2.24) is 5.32 Å². The Kier molecular flexibility index (Phi) is 2.64. The zero-order valence-corrected chi connectivity index (χ0v) is 8.57. The fraction of sp³-hybridized carbons (Fsp3) is 0.333. The topological polar surface area (TPSA) is 46.2 Å². The van der Waals surface area contributed by atoms with Crippen molar-refractivity contribution in [3.63, 3.8) is 0 Å². The van der Waals surface area contributed by atoms with E-state index in [2.05, 4.69) is 12.2 Å². The normalized spacial score (nSPS) is 23.5. The molecule has 0 aromatic heterocycles. The highest BCUT2D eigenvalue weighted by molar-refractivity contribution is 6.27. The van der Waals surface area contributed by atoms with Gasteiger partial charge in [-0.1, -0.05) is 31.2 Å². The van der Waals surface area contributed by atoms with Crippen LogP contribution in [0.5, 0.6) is 0 Å². The first-order valence-corrected chi connectivity index (χ1v) is 5.11. The number of fused-ring (bicyclic) bond motifs is 1. The fourth-order valence-corrected chi connectivity index (χ4v) is 2.11. The first-order chi connectivity index (χ1) is 7.27. The molecule has 3 heteroatoms. The number of carbonyl (C=O) groups is 2. The largest absolute Gasteiger partial charge is 0.296 e. The van der Waals surface area contributed by atoms with Gasteiger partial charge in [-0.25, -0.2) is 0 Å². The SMILES string of the molecule is CCC1NC(C(=O)C=O)c2ccccc21. The molecule has 0 saturated carbocycles. The monoisotopic (exact) mass is 203 g/mol. The number of hydrogen-bond donors (Lipinski definition) is 1. The molecule has 78 valence electrons. The van der Waals surface area contributed by atoms with Crippen LogP contribution in [0.15, 0.2) is 24.3 Å². The van der Waals surface area contributed by atoms with Crippen molar-refractivity contribution in [3.8, 4) is 0 Å². The molecule has 0 aliphatic carbocycles. The summed E-state index contributed by atoms with van der Waals surface area (Å²) in [6.45, 7) is 2.06. The number of nitrogens with one attached hydrogen (secondary N) is 1. The molecule has 0 bridgehead atoms. The van der Waals surface area contributed by atoms with Crippen LogP contribution in [0.25, 0.3) is 0 Å². The number of benzene rings is 1. The number of aldehydes is 1. The molecule has 1 heterocycles. The van der Waals surface area contributed by atoms with E-state index in [0.29, 0.717) is 6.29 Å². The van der Waals surface area contributed by atoms with Crippen molar-refractivity contribution in [2.45, 2.75) is 25.4 Å². The minimum atomic E-state index is -0.441. The summed E-state index contributed by atoms with van der Waals surface area (Å²) in [7, 11) is 0. The molecule has 0 fully saturated rings. The summed E-state index contributed by atoms with van der Waals surface area (Å²) < 4.78 is 0. The summed E-state index contributed by atoms with van der Waals surface area (Å²) in [6, 6.07) is 7.51. The van der Waals surface area contributed by atoms with Crippen molar-refractivity contribution in [2.75, 3.05) is 0 Å². The predicted octanol–water partition coefficient (Wildman–Crippen LogP) is 1.55. The Morgan fingerprint density at radius 3 is 2.67 bits per heavy atom. The third kappa shape index (κ3) is 1.59. The van der Waals surface area contributed by atoms with Crippen molar-refractivity contribution in [1.29, 1.82) is 0 Å². The van der Waals surface area contributed by atoms with Gasteiger partial charge in [0.2, 0.25) is 5.78 Å². The van der Waals surface area contributed by atoms with E-state index in [9.17, 15) is 9.59 Å². The number of carbonyl (C=O) groups excluding carboxylic acids is 2. The first kappa shape index (κ1) is 10.1. The number of Topliss-reactive ketones (excluding diaryl/α,β-unsaturated/α-hetero) is 1. The van der Waals surface area contributed by atoms with Crippen LogP contribution in [0.1, 0.15) is 36.6 Å². The van der Waals surface area contributed by atoms with E-state index in [-0.39, 0.29) is 6.04 Å². The highest BCUT2D eigenvalue weighted by atomic mass is 16.2. The second kappa shape index (κ2) is 3.95. The van der Waals surface area contributed by atoms with E-state index < -0.39 is 11.8 Å². The molecule has 2 atom stereocenters. The average molecular weight is 203 g/mol. The molecule has 15 heavy (non-hydrogen) atoms. The lowest BCUT2D eigenvalue weighted by molar-refractivity contribution is -0.131. The molecular weight excluding hydrogens is 190 g/mol. The van der Waals surface area contributed by atoms with Crippen LogP contribution in [0.3, 0.4) is 0 Å². The van der Waals surface area contributed by atoms with E-state index in [4.69, 9.17) is 0 Å². The summed E-state index contributed by atoms with van der Waals surface area (Å²) in [5.74, 6) is -0.390. The van der Waals surface area contributed by atoms with Crippen LogP contribution in [0, 0.1) is 0 Å². The van der Waals surface area contributed by atoms with Crippen molar-refractivity contribution in [2.24, 2.45) is 0 Å². The van der Waals surface area contributed by atoms with Crippen molar-refractivity contribution >= 4 is 12.1 Å². The van der Waals surface area contributed by atoms with Gasteiger partial charge >= 0.3 is 0 Å². The second-order valence-electron chi connectivity index (χ2n) is 3.71. The molecule has 1 aromatic rings. The van der Waals surface area contributed by atoms with Gasteiger partial charge in [0.05, 0.1) is 0 Å².